The Labute approximate surface area is 110 Å². The highest BCUT2D eigenvalue weighted by Crippen LogP contribution is 2.15. The number of hydrogen-bond donors (Lipinski definition) is 1. The standard InChI is InChI=1S/C13H27N3O2/c1-5-16-8-6-11(7-9-16)15(3)10-12(14-2)13(17)18-4/h11-12,14H,5-10H2,1-4H3. The zero-order valence-corrected chi connectivity index (χ0v) is 12.1. The highest BCUT2D eigenvalue weighted by atomic mass is 16.5. The molecular weight excluding hydrogens is 230 g/mol. The molecule has 0 aromatic rings. The molecule has 1 atom stereocenters. The van der Waals surface area contributed by atoms with Crippen LogP contribution in [0.15, 0.2) is 0 Å². The van der Waals surface area contributed by atoms with Crippen LogP contribution in [-0.4, -0.2) is 75.2 Å². The second-order valence-corrected chi connectivity index (χ2v) is 4.97. The summed E-state index contributed by atoms with van der Waals surface area (Å²) in [4.78, 5) is 16.3. The Bertz CT molecular complexity index is 253. The number of hydrogen-bond acceptors (Lipinski definition) is 5. The molecular formula is C13H27N3O2. The van der Waals surface area contributed by atoms with Crippen LogP contribution in [0.5, 0.6) is 0 Å². The first kappa shape index (κ1) is 15.4. The van der Waals surface area contributed by atoms with Gasteiger partial charge in [-0.1, -0.05) is 6.92 Å². The molecule has 0 saturated carbocycles. The molecule has 1 heterocycles. The summed E-state index contributed by atoms with van der Waals surface area (Å²) >= 11 is 0. The number of rotatable bonds is 6. The summed E-state index contributed by atoms with van der Waals surface area (Å²) in [6.45, 7) is 6.37. The van der Waals surface area contributed by atoms with Crippen LogP contribution in [0.3, 0.4) is 0 Å². The zero-order chi connectivity index (χ0) is 13.5. The molecule has 18 heavy (non-hydrogen) atoms. The first-order valence-electron chi connectivity index (χ1n) is 6.80. The number of carbonyl (C=O) groups is 1. The highest BCUT2D eigenvalue weighted by molar-refractivity contribution is 5.75. The Kier molecular flexibility index (Phi) is 6.60. The molecule has 1 unspecified atom stereocenters. The van der Waals surface area contributed by atoms with Crippen LogP contribution in [0.4, 0.5) is 0 Å². The van der Waals surface area contributed by atoms with Crippen LogP contribution in [-0.2, 0) is 9.53 Å². The van der Waals surface area contributed by atoms with Gasteiger partial charge in [0.15, 0.2) is 0 Å². The number of piperidine rings is 1. The van der Waals surface area contributed by atoms with Crippen molar-refractivity contribution in [2.45, 2.75) is 31.8 Å². The number of esters is 1. The average Bonchev–Trinajstić information content (AvgIpc) is 2.43. The molecule has 1 fully saturated rings. The van der Waals surface area contributed by atoms with E-state index >= 15 is 0 Å². The van der Waals surface area contributed by atoms with Gasteiger partial charge in [0.25, 0.3) is 0 Å². The summed E-state index contributed by atoms with van der Waals surface area (Å²) in [5, 5.41) is 3.02. The Morgan fingerprint density at radius 3 is 2.56 bits per heavy atom. The molecule has 106 valence electrons. The van der Waals surface area contributed by atoms with Crippen molar-refractivity contribution in [1.82, 2.24) is 15.1 Å². The van der Waals surface area contributed by atoms with Crippen LogP contribution >= 0.6 is 0 Å². The minimum absolute atomic E-state index is 0.185. The van der Waals surface area contributed by atoms with Gasteiger partial charge in [0, 0.05) is 12.6 Å². The van der Waals surface area contributed by atoms with E-state index in [0.29, 0.717) is 12.6 Å². The number of nitrogens with one attached hydrogen (secondary N) is 1. The summed E-state index contributed by atoms with van der Waals surface area (Å²) in [5.41, 5.74) is 0. The number of carbonyl (C=O) groups excluding carboxylic acids is 1. The van der Waals surface area contributed by atoms with Crippen LogP contribution in [0.25, 0.3) is 0 Å². The van der Waals surface area contributed by atoms with Gasteiger partial charge < -0.3 is 19.9 Å². The summed E-state index contributed by atoms with van der Waals surface area (Å²) in [5.74, 6) is -0.185. The average molecular weight is 257 g/mol. The Morgan fingerprint density at radius 1 is 1.50 bits per heavy atom. The maximum absolute atomic E-state index is 11.5. The lowest BCUT2D eigenvalue weighted by molar-refractivity contribution is -0.143. The fraction of sp³-hybridized carbons (Fsp3) is 0.923. The van der Waals surface area contributed by atoms with E-state index in [2.05, 4.69) is 29.1 Å². The van der Waals surface area contributed by atoms with Crippen molar-refractivity contribution in [2.24, 2.45) is 0 Å². The van der Waals surface area contributed by atoms with Gasteiger partial charge in [-0.3, -0.25) is 4.79 Å². The van der Waals surface area contributed by atoms with Crippen LogP contribution in [0.2, 0.25) is 0 Å². The van der Waals surface area contributed by atoms with Crippen molar-refractivity contribution >= 4 is 5.97 Å². The van der Waals surface area contributed by atoms with Crippen molar-refractivity contribution < 1.29 is 9.53 Å². The normalized spacial score (nSPS) is 20.1. The SMILES string of the molecule is CCN1CCC(N(C)CC(NC)C(=O)OC)CC1. The van der Waals surface area contributed by atoms with E-state index in [1.165, 1.54) is 20.0 Å². The molecule has 0 radical (unpaired) electrons. The van der Waals surface area contributed by atoms with Crippen LogP contribution in [0.1, 0.15) is 19.8 Å². The maximum atomic E-state index is 11.5. The lowest BCUT2D eigenvalue weighted by atomic mass is 10.0. The van der Waals surface area contributed by atoms with Gasteiger partial charge in [0.1, 0.15) is 6.04 Å². The third-order valence-corrected chi connectivity index (χ3v) is 3.93. The number of likely N-dealkylation sites (tertiary alicyclic amines) is 1. The molecule has 1 aliphatic rings. The smallest absolute Gasteiger partial charge is 0.324 e. The molecule has 0 spiro atoms. The summed E-state index contributed by atoms with van der Waals surface area (Å²) in [6.07, 6.45) is 2.36. The summed E-state index contributed by atoms with van der Waals surface area (Å²) in [6, 6.07) is 0.345. The van der Waals surface area contributed by atoms with Gasteiger partial charge in [-0.25, -0.2) is 0 Å². The van der Waals surface area contributed by atoms with Crippen molar-refractivity contribution in [3.63, 3.8) is 0 Å². The van der Waals surface area contributed by atoms with Crippen molar-refractivity contribution in [3.05, 3.63) is 0 Å². The van der Waals surface area contributed by atoms with Gasteiger partial charge in [-0.05, 0) is 46.6 Å². The molecule has 1 aliphatic heterocycles. The van der Waals surface area contributed by atoms with E-state index in [4.69, 9.17) is 4.74 Å². The largest absolute Gasteiger partial charge is 0.468 e. The number of nitrogens with zero attached hydrogens (tertiary/aromatic N) is 2. The molecule has 5 heteroatoms. The molecule has 0 aliphatic carbocycles. The monoisotopic (exact) mass is 257 g/mol. The molecule has 1 N–H and O–H groups in total. The first-order chi connectivity index (χ1) is 8.62. The fourth-order valence-corrected chi connectivity index (χ4v) is 2.54. The highest BCUT2D eigenvalue weighted by Gasteiger charge is 2.25. The zero-order valence-electron chi connectivity index (χ0n) is 12.1. The Balaban J connectivity index is 2.40. The van der Waals surface area contributed by atoms with Crippen LogP contribution < -0.4 is 5.32 Å². The summed E-state index contributed by atoms with van der Waals surface area (Å²) in [7, 11) is 5.33. The third kappa shape index (κ3) is 4.23. The van der Waals surface area contributed by atoms with E-state index in [1.54, 1.807) is 7.05 Å². The molecule has 5 nitrogen and oxygen atoms in total. The van der Waals surface area contributed by atoms with E-state index in [-0.39, 0.29) is 12.0 Å². The second kappa shape index (κ2) is 7.71. The number of methoxy groups -OCH3 is 1. The van der Waals surface area contributed by atoms with Crippen molar-refractivity contribution in [2.75, 3.05) is 47.4 Å². The molecule has 0 bridgehead atoms. The number of likely N-dealkylation sites (N-methyl/N-ethyl adjacent to an activating group) is 2. The van der Waals surface area contributed by atoms with Gasteiger partial charge in [-0.2, -0.15) is 0 Å². The molecule has 0 amide bonds. The summed E-state index contributed by atoms with van der Waals surface area (Å²) < 4.78 is 4.79. The topological polar surface area (TPSA) is 44.8 Å². The second-order valence-electron chi connectivity index (χ2n) is 4.97. The quantitative estimate of drug-likeness (QED) is 0.687. The Morgan fingerprint density at radius 2 is 2.11 bits per heavy atom. The number of ether oxygens (including phenoxy) is 1. The predicted molar refractivity (Wildman–Crippen MR) is 72.6 cm³/mol. The van der Waals surface area contributed by atoms with E-state index < -0.39 is 0 Å². The maximum Gasteiger partial charge on any atom is 0.324 e. The molecule has 0 aromatic heterocycles. The van der Waals surface area contributed by atoms with Crippen LogP contribution in [0, 0.1) is 0 Å². The van der Waals surface area contributed by atoms with Gasteiger partial charge in [0.05, 0.1) is 7.11 Å². The molecule has 0 aromatic carbocycles. The van der Waals surface area contributed by atoms with Crippen molar-refractivity contribution in [1.29, 1.82) is 0 Å². The van der Waals surface area contributed by atoms with E-state index in [0.717, 1.165) is 19.6 Å². The minimum Gasteiger partial charge on any atom is -0.468 e. The van der Waals surface area contributed by atoms with E-state index in [9.17, 15) is 4.79 Å². The Hall–Kier alpha value is -0.650. The van der Waals surface area contributed by atoms with Gasteiger partial charge in [0.2, 0.25) is 0 Å². The van der Waals surface area contributed by atoms with Crippen molar-refractivity contribution in [3.8, 4) is 0 Å². The van der Waals surface area contributed by atoms with Gasteiger partial charge >= 0.3 is 5.97 Å². The minimum atomic E-state index is -0.232. The third-order valence-electron chi connectivity index (χ3n) is 3.93. The lowest BCUT2D eigenvalue weighted by Crippen LogP contribution is -2.50. The predicted octanol–water partition coefficient (Wildman–Crippen LogP) is 0.164. The van der Waals surface area contributed by atoms with E-state index in [1.807, 2.05) is 0 Å². The van der Waals surface area contributed by atoms with Gasteiger partial charge in [-0.15, -0.1) is 0 Å². The molecule has 1 saturated heterocycles. The first-order valence-corrected chi connectivity index (χ1v) is 6.80. The lowest BCUT2D eigenvalue weighted by Gasteiger charge is -2.37. The fourth-order valence-electron chi connectivity index (χ4n) is 2.54. The molecule has 1 rings (SSSR count).